The zero-order valence-electron chi connectivity index (χ0n) is 14.4. The predicted octanol–water partition coefficient (Wildman–Crippen LogP) is 6.86. The molecule has 0 unspecified atom stereocenters. The van der Waals surface area contributed by atoms with Gasteiger partial charge in [0.2, 0.25) is 0 Å². The fourth-order valence-electron chi connectivity index (χ4n) is 3.60. The topological polar surface area (TPSA) is 18.5 Å². The van der Waals surface area contributed by atoms with Crippen molar-refractivity contribution in [1.29, 1.82) is 0 Å². The van der Waals surface area contributed by atoms with Crippen LogP contribution >= 0.6 is 45.2 Å². The van der Waals surface area contributed by atoms with Gasteiger partial charge in [0.25, 0.3) is 0 Å². The molecule has 0 saturated heterocycles. The van der Waals surface area contributed by atoms with Crippen molar-refractivity contribution in [1.82, 2.24) is 0 Å². The van der Waals surface area contributed by atoms with Crippen LogP contribution in [-0.2, 0) is 0 Å². The summed E-state index contributed by atoms with van der Waals surface area (Å²) in [6.07, 6.45) is 0. The Bertz CT molecular complexity index is 725. The lowest BCUT2D eigenvalue weighted by atomic mass is 10.1. The van der Waals surface area contributed by atoms with Gasteiger partial charge in [0, 0.05) is 17.2 Å². The van der Waals surface area contributed by atoms with Gasteiger partial charge >= 0.3 is 8.56 Å². The lowest BCUT2D eigenvalue weighted by Crippen LogP contribution is -2.63. The minimum atomic E-state index is -2.56. The molecule has 0 aromatic heterocycles. The van der Waals surface area contributed by atoms with Gasteiger partial charge in [0.1, 0.15) is 11.5 Å². The van der Waals surface area contributed by atoms with Crippen molar-refractivity contribution in [2.45, 2.75) is 51.6 Å². The first-order valence-electron chi connectivity index (χ1n) is 7.75. The molecule has 3 rings (SSSR count). The van der Waals surface area contributed by atoms with Gasteiger partial charge in [0.15, 0.2) is 0 Å². The quantitative estimate of drug-likeness (QED) is 0.263. The third kappa shape index (κ3) is 2.80. The Morgan fingerprint density at radius 3 is 1.48 bits per heavy atom. The largest absolute Gasteiger partial charge is 0.511 e. The lowest BCUT2D eigenvalue weighted by molar-refractivity contribution is 0.287. The summed E-state index contributed by atoms with van der Waals surface area (Å²) >= 11 is 4.74. The van der Waals surface area contributed by atoms with Gasteiger partial charge in [-0.1, -0.05) is 41.5 Å². The van der Waals surface area contributed by atoms with Gasteiger partial charge in [-0.05, 0) is 74.8 Å². The molecule has 2 aromatic rings. The van der Waals surface area contributed by atoms with Gasteiger partial charge in [0.05, 0.1) is 5.39 Å². The van der Waals surface area contributed by atoms with Gasteiger partial charge in [-0.25, -0.2) is 0 Å². The van der Waals surface area contributed by atoms with Crippen LogP contribution in [0.1, 0.15) is 41.5 Å². The highest BCUT2D eigenvalue weighted by Crippen LogP contribution is 2.56. The second-order valence-electron chi connectivity index (χ2n) is 8.23. The summed E-state index contributed by atoms with van der Waals surface area (Å²) in [4.78, 5) is 0. The molecular weight excluding hydrogens is 530 g/mol. The molecule has 2 aromatic carbocycles. The second kappa shape index (κ2) is 5.49. The highest BCUT2D eigenvalue weighted by atomic mass is 127. The normalized spacial score (nSPS) is 16.9. The SMILES string of the molecule is CC(C)(C)[Si]1(C(C)(C)C)Oc2cc(I)cc3cc(I)cc(c23)O1. The molecule has 0 amide bonds. The third-order valence-electron chi connectivity index (χ3n) is 4.39. The Balaban J connectivity index is 2.34. The van der Waals surface area contributed by atoms with Crippen LogP contribution in [0.4, 0.5) is 0 Å². The number of halogens is 2. The van der Waals surface area contributed by atoms with Crippen LogP contribution in [-0.4, -0.2) is 8.56 Å². The summed E-state index contributed by atoms with van der Waals surface area (Å²) in [5.41, 5.74) is 0. The highest BCUT2D eigenvalue weighted by Gasteiger charge is 2.63. The molecule has 0 saturated carbocycles. The van der Waals surface area contributed by atoms with Crippen LogP contribution in [0.2, 0.25) is 10.1 Å². The summed E-state index contributed by atoms with van der Waals surface area (Å²) in [5.74, 6) is 1.97. The van der Waals surface area contributed by atoms with Gasteiger partial charge in [-0.2, -0.15) is 0 Å². The van der Waals surface area contributed by atoms with Crippen molar-refractivity contribution >= 4 is 64.5 Å². The van der Waals surface area contributed by atoms with Crippen molar-refractivity contribution in [3.05, 3.63) is 31.4 Å². The summed E-state index contributed by atoms with van der Waals surface area (Å²) in [5, 5.41) is 2.22. The molecule has 0 fully saturated rings. The molecule has 0 radical (unpaired) electrons. The van der Waals surface area contributed by atoms with E-state index in [2.05, 4.69) is 111 Å². The molecule has 0 atom stereocenters. The Morgan fingerprint density at radius 2 is 1.13 bits per heavy atom. The summed E-state index contributed by atoms with van der Waals surface area (Å²) in [6, 6.07) is 8.70. The molecule has 124 valence electrons. The average Bonchev–Trinajstić information content (AvgIpc) is 2.34. The zero-order chi connectivity index (χ0) is 17.2. The minimum absolute atomic E-state index is 0.0438. The zero-order valence-corrected chi connectivity index (χ0v) is 19.7. The van der Waals surface area contributed by atoms with Crippen molar-refractivity contribution in [3.8, 4) is 11.5 Å². The number of hydrogen-bond donors (Lipinski definition) is 0. The Morgan fingerprint density at radius 1 is 0.739 bits per heavy atom. The first-order valence-corrected chi connectivity index (χ1v) is 11.7. The summed E-state index contributed by atoms with van der Waals surface area (Å²) in [6.45, 7) is 13.5. The maximum atomic E-state index is 6.75. The number of rotatable bonds is 0. The smallest absolute Gasteiger partial charge is 0.471 e. The first kappa shape index (κ1) is 17.8. The van der Waals surface area contributed by atoms with E-state index in [1.54, 1.807) is 0 Å². The molecule has 2 nitrogen and oxygen atoms in total. The van der Waals surface area contributed by atoms with E-state index in [1.807, 2.05) is 0 Å². The lowest BCUT2D eigenvalue weighted by Gasteiger charge is -2.50. The molecule has 0 spiro atoms. The van der Waals surface area contributed by atoms with Gasteiger partial charge in [-0.15, -0.1) is 0 Å². The highest BCUT2D eigenvalue weighted by molar-refractivity contribution is 14.1. The maximum Gasteiger partial charge on any atom is 0.471 e. The van der Waals surface area contributed by atoms with Crippen molar-refractivity contribution < 1.29 is 8.85 Å². The number of hydrogen-bond acceptors (Lipinski definition) is 2. The van der Waals surface area contributed by atoms with Gasteiger partial charge in [-0.3, -0.25) is 0 Å². The molecule has 1 aliphatic rings. The van der Waals surface area contributed by atoms with Crippen LogP contribution in [0.15, 0.2) is 24.3 Å². The Labute approximate surface area is 166 Å². The van der Waals surface area contributed by atoms with E-state index in [4.69, 9.17) is 8.85 Å². The molecule has 23 heavy (non-hydrogen) atoms. The van der Waals surface area contributed by atoms with E-state index >= 15 is 0 Å². The van der Waals surface area contributed by atoms with Crippen LogP contribution in [0, 0.1) is 7.14 Å². The summed E-state index contributed by atoms with van der Waals surface area (Å²) < 4.78 is 15.9. The van der Waals surface area contributed by atoms with Crippen LogP contribution in [0.3, 0.4) is 0 Å². The molecule has 0 aliphatic carbocycles. The van der Waals surface area contributed by atoms with E-state index in [0.29, 0.717) is 0 Å². The Kier molecular flexibility index (Phi) is 4.24. The first-order chi connectivity index (χ1) is 10.4. The average molecular weight is 552 g/mol. The fraction of sp³-hybridized carbons (Fsp3) is 0.444. The van der Waals surface area contributed by atoms with Gasteiger partial charge < -0.3 is 8.85 Å². The maximum absolute atomic E-state index is 6.75. The molecule has 5 heteroatoms. The van der Waals surface area contributed by atoms with Crippen molar-refractivity contribution in [2.24, 2.45) is 0 Å². The standard InChI is InChI=1S/C18H22I2O2Si/c1-17(2,3)23(18(4,5)6)21-14-9-12(19)7-11-8-13(20)10-15(22-23)16(11)14/h7-10H,1-6H3. The van der Waals surface area contributed by atoms with E-state index in [-0.39, 0.29) is 10.1 Å². The molecular formula is C18H22I2O2Si. The van der Waals surface area contributed by atoms with Crippen molar-refractivity contribution in [3.63, 3.8) is 0 Å². The monoisotopic (exact) mass is 552 g/mol. The van der Waals surface area contributed by atoms with Crippen LogP contribution < -0.4 is 8.85 Å². The molecule has 1 aliphatic heterocycles. The number of benzene rings is 2. The Hall–Kier alpha value is -0.0231. The fourth-order valence-corrected chi connectivity index (χ4v) is 9.29. The van der Waals surface area contributed by atoms with E-state index in [0.717, 1.165) is 16.9 Å². The molecule has 0 N–H and O–H groups in total. The minimum Gasteiger partial charge on any atom is -0.511 e. The third-order valence-corrected chi connectivity index (χ3v) is 10.6. The van der Waals surface area contributed by atoms with Crippen LogP contribution in [0.25, 0.3) is 10.8 Å². The van der Waals surface area contributed by atoms with Crippen LogP contribution in [0.5, 0.6) is 11.5 Å². The summed E-state index contributed by atoms with van der Waals surface area (Å²) in [7, 11) is -2.56. The second-order valence-corrected chi connectivity index (χ2v) is 15.4. The molecule has 1 heterocycles. The molecule has 0 bridgehead atoms. The van der Waals surface area contributed by atoms with E-state index in [9.17, 15) is 0 Å². The van der Waals surface area contributed by atoms with E-state index in [1.165, 1.54) is 12.5 Å². The van der Waals surface area contributed by atoms with Crippen molar-refractivity contribution in [2.75, 3.05) is 0 Å². The predicted molar refractivity (Wildman–Crippen MR) is 116 cm³/mol. The van der Waals surface area contributed by atoms with E-state index < -0.39 is 8.56 Å².